The van der Waals surface area contributed by atoms with Crippen LogP contribution in [0.15, 0.2) is 170 Å². The SMILES string of the molecule is c1ccc(-n2c3ccccc3c3ccc(N(c4ccc5cc6c(cc5c4)sc4ccccc46)c4ccc5sc6ccccc6c5c4)cc32)cc1. The molecule has 0 unspecified atom stereocenters. The Balaban J connectivity index is 1.17. The smallest absolute Gasteiger partial charge is 0.0561 e. The van der Waals surface area contributed by atoms with E-state index in [1.54, 1.807) is 0 Å². The molecule has 0 bridgehead atoms. The third-order valence-corrected chi connectivity index (χ3v) is 12.4. The summed E-state index contributed by atoms with van der Waals surface area (Å²) in [5.74, 6) is 0. The molecule has 0 saturated carbocycles. The van der Waals surface area contributed by atoms with Crippen LogP contribution in [0.25, 0.3) is 78.6 Å². The quantitative estimate of drug-likeness (QED) is 0.181. The summed E-state index contributed by atoms with van der Waals surface area (Å²) < 4.78 is 7.68. The first-order chi connectivity index (χ1) is 24.8. The Kier molecular flexibility index (Phi) is 6.03. The Labute approximate surface area is 296 Å². The van der Waals surface area contributed by atoms with Gasteiger partial charge in [0.05, 0.1) is 11.0 Å². The third-order valence-electron chi connectivity index (χ3n) is 10.1. The van der Waals surface area contributed by atoms with Crippen LogP contribution in [-0.4, -0.2) is 4.57 Å². The van der Waals surface area contributed by atoms with Crippen LogP contribution in [0.5, 0.6) is 0 Å². The van der Waals surface area contributed by atoms with Gasteiger partial charge in [0, 0.05) is 73.9 Å². The van der Waals surface area contributed by atoms with Crippen LogP contribution in [0.1, 0.15) is 0 Å². The van der Waals surface area contributed by atoms with Crippen molar-refractivity contribution in [3.8, 4) is 5.69 Å². The first-order valence-corrected chi connectivity index (χ1v) is 18.6. The van der Waals surface area contributed by atoms with E-state index < -0.39 is 0 Å². The number of hydrogen-bond acceptors (Lipinski definition) is 3. The summed E-state index contributed by atoms with van der Waals surface area (Å²) in [6, 6.07) is 62.6. The summed E-state index contributed by atoms with van der Waals surface area (Å²) in [6.07, 6.45) is 0. The summed E-state index contributed by atoms with van der Waals surface area (Å²) in [6.45, 7) is 0. The molecule has 3 aromatic heterocycles. The van der Waals surface area contributed by atoms with E-state index in [1.807, 2.05) is 22.7 Å². The zero-order valence-electron chi connectivity index (χ0n) is 26.9. The van der Waals surface area contributed by atoms with Gasteiger partial charge in [-0.05, 0) is 95.7 Å². The first kappa shape index (κ1) is 28.0. The number of aromatic nitrogens is 1. The number of anilines is 3. The van der Waals surface area contributed by atoms with E-state index >= 15 is 0 Å². The minimum Gasteiger partial charge on any atom is -0.310 e. The van der Waals surface area contributed by atoms with Crippen molar-refractivity contribution in [1.29, 1.82) is 0 Å². The van der Waals surface area contributed by atoms with Crippen molar-refractivity contribution in [2.75, 3.05) is 4.90 Å². The van der Waals surface area contributed by atoms with Gasteiger partial charge in [-0.1, -0.05) is 84.9 Å². The molecule has 0 radical (unpaired) electrons. The van der Waals surface area contributed by atoms with Crippen LogP contribution in [-0.2, 0) is 0 Å². The summed E-state index contributed by atoms with van der Waals surface area (Å²) in [7, 11) is 0. The van der Waals surface area contributed by atoms with Crippen molar-refractivity contribution in [2.24, 2.45) is 0 Å². The average Bonchev–Trinajstić information content (AvgIpc) is 3.83. The Morgan fingerprint density at radius 1 is 0.340 bits per heavy atom. The number of nitrogens with zero attached hydrogens (tertiary/aromatic N) is 2. The average molecular weight is 673 g/mol. The highest BCUT2D eigenvalue weighted by atomic mass is 32.1. The Morgan fingerprint density at radius 3 is 1.74 bits per heavy atom. The van der Waals surface area contributed by atoms with E-state index in [9.17, 15) is 0 Å². The van der Waals surface area contributed by atoms with Crippen LogP contribution in [0.4, 0.5) is 17.1 Å². The van der Waals surface area contributed by atoms with Crippen molar-refractivity contribution in [3.63, 3.8) is 0 Å². The fourth-order valence-electron chi connectivity index (χ4n) is 7.85. The van der Waals surface area contributed by atoms with E-state index in [0.717, 1.165) is 22.7 Å². The monoisotopic (exact) mass is 672 g/mol. The van der Waals surface area contributed by atoms with Crippen molar-refractivity contribution in [3.05, 3.63) is 170 Å². The molecule has 50 heavy (non-hydrogen) atoms. The molecule has 0 spiro atoms. The van der Waals surface area contributed by atoms with E-state index in [0.29, 0.717) is 0 Å². The van der Waals surface area contributed by atoms with Gasteiger partial charge >= 0.3 is 0 Å². The molecule has 0 atom stereocenters. The summed E-state index contributed by atoms with van der Waals surface area (Å²) in [5.41, 5.74) is 6.96. The highest BCUT2D eigenvalue weighted by molar-refractivity contribution is 7.26. The lowest BCUT2D eigenvalue weighted by atomic mass is 10.0. The highest BCUT2D eigenvalue weighted by Gasteiger charge is 2.19. The summed E-state index contributed by atoms with van der Waals surface area (Å²) in [5, 5.41) is 10.3. The maximum absolute atomic E-state index is 2.44. The van der Waals surface area contributed by atoms with Gasteiger partial charge in [-0.3, -0.25) is 0 Å². The zero-order valence-corrected chi connectivity index (χ0v) is 28.5. The minimum atomic E-state index is 1.12. The number of fused-ring (bicyclic) bond motifs is 10. The zero-order chi connectivity index (χ0) is 32.8. The molecule has 0 N–H and O–H groups in total. The lowest BCUT2D eigenvalue weighted by Crippen LogP contribution is -2.10. The van der Waals surface area contributed by atoms with Crippen molar-refractivity contribution in [1.82, 2.24) is 4.57 Å². The Morgan fingerprint density at radius 2 is 0.920 bits per heavy atom. The fraction of sp³-hybridized carbons (Fsp3) is 0. The Hall–Kier alpha value is -5.94. The normalized spacial score (nSPS) is 12.0. The number of para-hydroxylation sites is 2. The maximum atomic E-state index is 2.44. The minimum absolute atomic E-state index is 1.12. The lowest BCUT2D eigenvalue weighted by Gasteiger charge is -2.26. The molecule has 11 aromatic rings. The molecule has 0 fully saturated rings. The molecule has 8 aromatic carbocycles. The van der Waals surface area contributed by atoms with Gasteiger partial charge in [-0.25, -0.2) is 0 Å². The van der Waals surface area contributed by atoms with E-state index in [4.69, 9.17) is 0 Å². The van der Waals surface area contributed by atoms with E-state index in [2.05, 4.69) is 179 Å². The van der Waals surface area contributed by atoms with Gasteiger partial charge in [0.2, 0.25) is 0 Å². The second-order valence-electron chi connectivity index (χ2n) is 13.0. The van der Waals surface area contributed by atoms with Crippen LogP contribution in [0.2, 0.25) is 0 Å². The van der Waals surface area contributed by atoms with Gasteiger partial charge in [0.15, 0.2) is 0 Å². The molecule has 0 saturated heterocycles. The van der Waals surface area contributed by atoms with Crippen LogP contribution >= 0.6 is 22.7 Å². The second-order valence-corrected chi connectivity index (χ2v) is 15.1. The third kappa shape index (κ3) is 4.19. The summed E-state index contributed by atoms with van der Waals surface area (Å²) in [4.78, 5) is 2.44. The molecule has 0 aliphatic rings. The fourth-order valence-corrected chi connectivity index (χ4v) is 10.1. The van der Waals surface area contributed by atoms with Crippen LogP contribution in [0.3, 0.4) is 0 Å². The molecule has 4 heteroatoms. The number of rotatable bonds is 4. The van der Waals surface area contributed by atoms with Gasteiger partial charge in [-0.15, -0.1) is 22.7 Å². The molecular weight excluding hydrogens is 645 g/mol. The van der Waals surface area contributed by atoms with E-state index in [1.165, 1.54) is 72.9 Å². The molecule has 2 nitrogen and oxygen atoms in total. The molecule has 3 heterocycles. The largest absolute Gasteiger partial charge is 0.310 e. The van der Waals surface area contributed by atoms with Crippen molar-refractivity contribution in [2.45, 2.75) is 0 Å². The molecule has 11 rings (SSSR count). The van der Waals surface area contributed by atoms with Gasteiger partial charge in [-0.2, -0.15) is 0 Å². The highest BCUT2D eigenvalue weighted by Crippen LogP contribution is 2.44. The van der Waals surface area contributed by atoms with E-state index in [-0.39, 0.29) is 0 Å². The Bertz CT molecular complexity index is 3110. The molecular formula is C46H28N2S2. The first-order valence-electron chi connectivity index (χ1n) is 16.9. The van der Waals surface area contributed by atoms with Crippen LogP contribution in [0, 0.1) is 0 Å². The van der Waals surface area contributed by atoms with Crippen molar-refractivity contribution >= 4 is 113 Å². The number of thiophene rings is 2. The molecule has 234 valence electrons. The second kappa shape index (κ2) is 10.8. The predicted octanol–water partition coefficient (Wildman–Crippen LogP) is 14.1. The number of hydrogen-bond donors (Lipinski definition) is 0. The van der Waals surface area contributed by atoms with Gasteiger partial charge < -0.3 is 9.47 Å². The standard InChI is InChI=1S/C46H28N2S2/c1-2-10-31(11-3-1)48-41-15-7-4-12-35(41)36-22-20-34(28-42(36)48)47(33-21-23-45-40(27-33)38-14-6-8-16-43(38)49-45)32-19-18-29-25-39-37-13-5-9-17-44(37)50-46(39)26-30(29)24-32/h1-28H. The molecule has 0 aliphatic heterocycles. The van der Waals surface area contributed by atoms with Crippen LogP contribution < -0.4 is 4.90 Å². The predicted molar refractivity (Wildman–Crippen MR) is 219 cm³/mol. The molecule has 0 amide bonds. The maximum Gasteiger partial charge on any atom is 0.0561 e. The lowest BCUT2D eigenvalue weighted by molar-refractivity contribution is 1.18. The molecule has 0 aliphatic carbocycles. The van der Waals surface area contributed by atoms with Gasteiger partial charge in [0.1, 0.15) is 0 Å². The van der Waals surface area contributed by atoms with Gasteiger partial charge in [0.25, 0.3) is 0 Å². The summed E-state index contributed by atoms with van der Waals surface area (Å²) >= 11 is 3.74. The number of benzene rings is 8. The van der Waals surface area contributed by atoms with Crippen molar-refractivity contribution < 1.29 is 0 Å². The topological polar surface area (TPSA) is 8.17 Å².